The van der Waals surface area contributed by atoms with Gasteiger partial charge in [0, 0.05) is 24.4 Å². The summed E-state index contributed by atoms with van der Waals surface area (Å²) in [6, 6.07) is 3.32. The summed E-state index contributed by atoms with van der Waals surface area (Å²) in [4.78, 5) is 11.8. The second kappa shape index (κ2) is 6.13. The number of urea groups is 1. The zero-order chi connectivity index (χ0) is 15.5. The van der Waals surface area contributed by atoms with Crippen LogP contribution in [0.25, 0.3) is 0 Å². The van der Waals surface area contributed by atoms with Crippen LogP contribution in [0.15, 0.2) is 18.2 Å². The van der Waals surface area contributed by atoms with E-state index >= 15 is 0 Å². The summed E-state index contributed by atoms with van der Waals surface area (Å²) in [7, 11) is 0. The molecule has 2 amide bonds. The molecule has 1 heterocycles. The van der Waals surface area contributed by atoms with Gasteiger partial charge in [0.25, 0.3) is 0 Å². The highest BCUT2D eigenvalue weighted by Crippen LogP contribution is 2.42. The number of carbonyl (C=O) groups is 1. The number of anilines is 1. The number of fused-ring (bicyclic) bond motifs is 1. The first-order valence-corrected chi connectivity index (χ1v) is 6.52. The largest absolute Gasteiger partial charge is 0.586 e. The molecule has 1 unspecified atom stereocenters. The number of amides is 2. The Morgan fingerprint density at radius 2 is 2.10 bits per heavy atom. The smallest absolute Gasteiger partial charge is 0.396 e. The minimum atomic E-state index is -3.68. The highest BCUT2D eigenvalue weighted by molar-refractivity contribution is 5.89. The van der Waals surface area contributed by atoms with E-state index in [4.69, 9.17) is 5.11 Å². The van der Waals surface area contributed by atoms with Crippen molar-refractivity contribution in [3.8, 4) is 11.5 Å². The summed E-state index contributed by atoms with van der Waals surface area (Å²) < 4.78 is 34.3. The molecule has 1 atom stereocenters. The van der Waals surface area contributed by atoms with Gasteiger partial charge in [-0.1, -0.05) is 6.92 Å². The van der Waals surface area contributed by atoms with Crippen LogP contribution in [0, 0.1) is 0 Å². The molecule has 0 fully saturated rings. The van der Waals surface area contributed by atoms with Gasteiger partial charge in [-0.15, -0.1) is 8.78 Å². The molecule has 1 aliphatic heterocycles. The fourth-order valence-corrected chi connectivity index (χ4v) is 1.91. The van der Waals surface area contributed by atoms with Crippen LogP contribution in [-0.2, 0) is 0 Å². The number of halogens is 2. The number of hydrogen-bond donors (Lipinski definition) is 3. The Labute approximate surface area is 120 Å². The first-order valence-electron chi connectivity index (χ1n) is 6.52. The van der Waals surface area contributed by atoms with E-state index in [1.807, 2.05) is 6.92 Å². The minimum absolute atomic E-state index is 0.0299. The molecule has 0 saturated carbocycles. The van der Waals surface area contributed by atoms with Crippen molar-refractivity contribution in [1.29, 1.82) is 0 Å². The van der Waals surface area contributed by atoms with E-state index < -0.39 is 12.3 Å². The lowest BCUT2D eigenvalue weighted by molar-refractivity contribution is -0.286. The Morgan fingerprint density at radius 1 is 1.38 bits per heavy atom. The standard InChI is InChI=1S/C13H16F2N2O4/c1-2-8(5-6-18)16-12(19)17-9-3-4-10-11(7-9)21-13(14,15)20-10/h3-4,7-8,18H,2,5-6H2,1H3,(H2,16,17,19). The van der Waals surface area contributed by atoms with Gasteiger partial charge in [-0.2, -0.15) is 0 Å². The van der Waals surface area contributed by atoms with E-state index in [1.54, 1.807) is 0 Å². The molecule has 6 nitrogen and oxygen atoms in total. The minimum Gasteiger partial charge on any atom is -0.396 e. The summed E-state index contributed by atoms with van der Waals surface area (Å²) in [6.07, 6.45) is -2.57. The predicted octanol–water partition coefficient (Wildman–Crippen LogP) is 2.29. The van der Waals surface area contributed by atoms with Crippen LogP contribution in [0.1, 0.15) is 19.8 Å². The molecule has 0 radical (unpaired) electrons. The molecule has 1 aromatic carbocycles. The van der Waals surface area contributed by atoms with E-state index in [0.29, 0.717) is 18.5 Å². The molecule has 0 bridgehead atoms. The Hall–Kier alpha value is -2.09. The van der Waals surface area contributed by atoms with Crippen molar-refractivity contribution in [2.75, 3.05) is 11.9 Å². The molecule has 8 heteroatoms. The van der Waals surface area contributed by atoms with Crippen molar-refractivity contribution in [3.05, 3.63) is 18.2 Å². The summed E-state index contributed by atoms with van der Waals surface area (Å²) >= 11 is 0. The molecule has 0 aliphatic carbocycles. The maximum absolute atomic E-state index is 12.9. The lowest BCUT2D eigenvalue weighted by Gasteiger charge is -2.16. The zero-order valence-corrected chi connectivity index (χ0v) is 11.4. The molecule has 3 N–H and O–H groups in total. The second-order valence-corrected chi connectivity index (χ2v) is 4.54. The Bertz CT molecular complexity index is 525. The van der Waals surface area contributed by atoms with Crippen molar-refractivity contribution in [1.82, 2.24) is 5.32 Å². The summed E-state index contributed by atoms with van der Waals surface area (Å²) in [5.74, 6) is -0.224. The van der Waals surface area contributed by atoms with Crippen molar-refractivity contribution in [2.45, 2.75) is 32.1 Å². The first-order chi connectivity index (χ1) is 9.93. The summed E-state index contributed by atoms with van der Waals surface area (Å²) in [5.41, 5.74) is 0.298. The quantitative estimate of drug-likeness (QED) is 0.779. The Balaban J connectivity index is 1.97. The highest BCUT2D eigenvalue weighted by Gasteiger charge is 2.43. The molecular formula is C13H16F2N2O4. The third-order valence-corrected chi connectivity index (χ3v) is 2.96. The topological polar surface area (TPSA) is 79.8 Å². The fourth-order valence-electron chi connectivity index (χ4n) is 1.91. The first kappa shape index (κ1) is 15.3. The number of nitrogens with one attached hydrogen (secondary N) is 2. The normalized spacial score (nSPS) is 16.4. The number of carbonyl (C=O) groups excluding carboxylic acids is 1. The van der Waals surface area contributed by atoms with Gasteiger partial charge < -0.3 is 25.2 Å². The van der Waals surface area contributed by atoms with Crippen LogP contribution >= 0.6 is 0 Å². The Morgan fingerprint density at radius 3 is 2.76 bits per heavy atom. The molecule has 0 saturated heterocycles. The molecule has 0 spiro atoms. The number of rotatable bonds is 5. The number of alkyl halides is 2. The van der Waals surface area contributed by atoms with Gasteiger partial charge in [0.2, 0.25) is 0 Å². The van der Waals surface area contributed by atoms with Gasteiger partial charge in [-0.3, -0.25) is 0 Å². The summed E-state index contributed by atoms with van der Waals surface area (Å²) in [5, 5.41) is 14.0. The van der Waals surface area contributed by atoms with Gasteiger partial charge in [0.1, 0.15) is 0 Å². The molecular weight excluding hydrogens is 286 g/mol. The number of hydrogen-bond acceptors (Lipinski definition) is 4. The third-order valence-electron chi connectivity index (χ3n) is 2.96. The van der Waals surface area contributed by atoms with Crippen molar-refractivity contribution in [2.24, 2.45) is 0 Å². The lowest BCUT2D eigenvalue weighted by atomic mass is 10.2. The summed E-state index contributed by atoms with van der Waals surface area (Å²) in [6.45, 7) is 1.85. The van der Waals surface area contributed by atoms with Crippen LogP contribution < -0.4 is 20.1 Å². The van der Waals surface area contributed by atoms with Crippen LogP contribution in [0.3, 0.4) is 0 Å². The molecule has 2 rings (SSSR count). The molecule has 0 aromatic heterocycles. The van der Waals surface area contributed by atoms with E-state index in [1.165, 1.54) is 18.2 Å². The molecule has 1 aliphatic rings. The highest BCUT2D eigenvalue weighted by atomic mass is 19.3. The predicted molar refractivity (Wildman–Crippen MR) is 70.6 cm³/mol. The van der Waals surface area contributed by atoms with Crippen LogP contribution in [0.2, 0.25) is 0 Å². The van der Waals surface area contributed by atoms with Crippen LogP contribution in [0.5, 0.6) is 11.5 Å². The zero-order valence-electron chi connectivity index (χ0n) is 11.4. The Kier molecular flexibility index (Phi) is 4.46. The number of aliphatic hydroxyl groups excluding tert-OH is 1. The lowest BCUT2D eigenvalue weighted by Crippen LogP contribution is -2.38. The molecule has 21 heavy (non-hydrogen) atoms. The number of benzene rings is 1. The van der Waals surface area contributed by atoms with E-state index in [9.17, 15) is 13.6 Å². The maximum atomic E-state index is 12.9. The number of ether oxygens (including phenoxy) is 2. The van der Waals surface area contributed by atoms with Gasteiger partial charge in [0.15, 0.2) is 11.5 Å². The second-order valence-electron chi connectivity index (χ2n) is 4.54. The maximum Gasteiger partial charge on any atom is 0.586 e. The van der Waals surface area contributed by atoms with Gasteiger partial charge in [-0.25, -0.2) is 4.79 Å². The SMILES string of the molecule is CCC(CCO)NC(=O)Nc1ccc2c(c1)OC(F)(F)O2. The van der Waals surface area contributed by atoms with Crippen molar-refractivity contribution < 1.29 is 28.2 Å². The average Bonchev–Trinajstić information content (AvgIpc) is 2.71. The average molecular weight is 302 g/mol. The molecule has 116 valence electrons. The number of aliphatic hydroxyl groups is 1. The fraction of sp³-hybridized carbons (Fsp3) is 0.462. The van der Waals surface area contributed by atoms with Crippen LogP contribution in [-0.4, -0.2) is 30.1 Å². The van der Waals surface area contributed by atoms with E-state index in [-0.39, 0.29) is 24.1 Å². The van der Waals surface area contributed by atoms with Crippen molar-refractivity contribution in [3.63, 3.8) is 0 Å². The van der Waals surface area contributed by atoms with Gasteiger partial charge >= 0.3 is 12.3 Å². The van der Waals surface area contributed by atoms with Crippen LogP contribution in [0.4, 0.5) is 19.3 Å². The van der Waals surface area contributed by atoms with E-state index in [0.717, 1.165) is 0 Å². The van der Waals surface area contributed by atoms with Gasteiger partial charge in [-0.05, 0) is 25.0 Å². The monoisotopic (exact) mass is 302 g/mol. The third kappa shape index (κ3) is 3.94. The van der Waals surface area contributed by atoms with Gasteiger partial charge in [0.05, 0.1) is 0 Å². The van der Waals surface area contributed by atoms with Crippen molar-refractivity contribution >= 4 is 11.7 Å². The van der Waals surface area contributed by atoms with E-state index in [2.05, 4.69) is 20.1 Å². The molecule has 1 aromatic rings.